The molecule has 1 aromatic heterocycles. The Morgan fingerprint density at radius 3 is 2.81 bits per heavy atom. The van der Waals surface area contributed by atoms with Crippen LogP contribution in [0.25, 0.3) is 0 Å². The lowest BCUT2D eigenvalue weighted by molar-refractivity contribution is 0.296. The predicted molar refractivity (Wildman–Crippen MR) is 86.3 cm³/mol. The fraction of sp³-hybridized carbons (Fsp3) is 0.438. The molecule has 0 aliphatic carbocycles. The summed E-state index contributed by atoms with van der Waals surface area (Å²) in [5.41, 5.74) is 2.16. The molecule has 114 valence electrons. The average molecular weight is 306 g/mol. The zero-order valence-corrected chi connectivity index (χ0v) is 13.8. The highest BCUT2D eigenvalue weighted by atomic mass is 32.1. The van der Waals surface area contributed by atoms with Crippen LogP contribution in [0.15, 0.2) is 23.6 Å². The van der Waals surface area contributed by atoms with E-state index in [4.69, 9.17) is 9.47 Å². The maximum atomic E-state index is 5.97. The van der Waals surface area contributed by atoms with Gasteiger partial charge in [0.1, 0.15) is 23.1 Å². The molecule has 1 heterocycles. The number of hydrogen-bond acceptors (Lipinski definition) is 5. The minimum absolute atomic E-state index is 0.230. The van der Waals surface area contributed by atoms with E-state index < -0.39 is 0 Å². The Balaban J connectivity index is 2.17. The number of hydrogen-bond donors (Lipinski definition) is 1. The first kappa shape index (κ1) is 15.8. The SMILES string of the molecule is CCNC(C)c1ccc(OC)cc1OCc1nc(C)cs1. The summed E-state index contributed by atoms with van der Waals surface area (Å²) in [5, 5.41) is 6.43. The first-order valence-corrected chi connectivity index (χ1v) is 7.97. The molecule has 0 bridgehead atoms. The Morgan fingerprint density at radius 1 is 1.38 bits per heavy atom. The fourth-order valence-corrected chi connectivity index (χ4v) is 2.83. The van der Waals surface area contributed by atoms with E-state index in [9.17, 15) is 0 Å². The molecular weight excluding hydrogens is 284 g/mol. The molecule has 0 radical (unpaired) electrons. The van der Waals surface area contributed by atoms with Gasteiger partial charge in [0.15, 0.2) is 0 Å². The molecule has 5 heteroatoms. The van der Waals surface area contributed by atoms with Crippen molar-refractivity contribution in [1.82, 2.24) is 10.3 Å². The monoisotopic (exact) mass is 306 g/mol. The van der Waals surface area contributed by atoms with Gasteiger partial charge < -0.3 is 14.8 Å². The van der Waals surface area contributed by atoms with E-state index in [0.29, 0.717) is 6.61 Å². The predicted octanol–water partition coefficient (Wildman–Crippen LogP) is 3.71. The topological polar surface area (TPSA) is 43.4 Å². The van der Waals surface area contributed by atoms with E-state index in [2.05, 4.69) is 30.2 Å². The summed E-state index contributed by atoms with van der Waals surface area (Å²) in [5.74, 6) is 1.64. The molecule has 1 aromatic carbocycles. The third-order valence-corrected chi connectivity index (χ3v) is 4.16. The van der Waals surface area contributed by atoms with Gasteiger partial charge >= 0.3 is 0 Å². The lowest BCUT2D eigenvalue weighted by Gasteiger charge is -2.18. The molecule has 0 aliphatic heterocycles. The van der Waals surface area contributed by atoms with Gasteiger partial charge in [-0.2, -0.15) is 0 Å². The molecule has 0 saturated carbocycles. The van der Waals surface area contributed by atoms with E-state index in [1.165, 1.54) is 0 Å². The van der Waals surface area contributed by atoms with Gasteiger partial charge in [-0.1, -0.05) is 13.0 Å². The number of aryl methyl sites for hydroxylation is 1. The van der Waals surface area contributed by atoms with Crippen molar-refractivity contribution in [2.24, 2.45) is 0 Å². The van der Waals surface area contributed by atoms with E-state index in [0.717, 1.165) is 34.3 Å². The minimum atomic E-state index is 0.230. The maximum absolute atomic E-state index is 5.97. The van der Waals surface area contributed by atoms with Crippen LogP contribution in [-0.4, -0.2) is 18.6 Å². The van der Waals surface area contributed by atoms with Crippen molar-refractivity contribution >= 4 is 11.3 Å². The zero-order chi connectivity index (χ0) is 15.2. The highest BCUT2D eigenvalue weighted by Gasteiger charge is 2.13. The molecule has 1 unspecified atom stereocenters. The van der Waals surface area contributed by atoms with Crippen LogP contribution in [0.3, 0.4) is 0 Å². The van der Waals surface area contributed by atoms with Crippen molar-refractivity contribution < 1.29 is 9.47 Å². The van der Waals surface area contributed by atoms with Crippen LogP contribution in [0.1, 0.15) is 36.2 Å². The van der Waals surface area contributed by atoms with Crippen molar-refractivity contribution in [3.05, 3.63) is 39.8 Å². The average Bonchev–Trinajstić information content (AvgIpc) is 2.90. The summed E-state index contributed by atoms with van der Waals surface area (Å²) in [6, 6.07) is 6.18. The Hall–Kier alpha value is -1.59. The van der Waals surface area contributed by atoms with Gasteiger partial charge in [0.25, 0.3) is 0 Å². The largest absolute Gasteiger partial charge is 0.497 e. The summed E-state index contributed by atoms with van der Waals surface area (Å²) in [6.45, 7) is 7.62. The van der Waals surface area contributed by atoms with Gasteiger partial charge in [-0.15, -0.1) is 11.3 Å². The quantitative estimate of drug-likeness (QED) is 0.847. The molecule has 1 N–H and O–H groups in total. The highest BCUT2D eigenvalue weighted by Crippen LogP contribution is 2.30. The minimum Gasteiger partial charge on any atom is -0.497 e. The number of nitrogens with one attached hydrogen (secondary N) is 1. The number of rotatable bonds is 7. The third kappa shape index (κ3) is 4.19. The van der Waals surface area contributed by atoms with Gasteiger partial charge in [-0.3, -0.25) is 0 Å². The van der Waals surface area contributed by atoms with Crippen molar-refractivity contribution in [1.29, 1.82) is 0 Å². The van der Waals surface area contributed by atoms with Crippen LogP contribution < -0.4 is 14.8 Å². The van der Waals surface area contributed by atoms with Crippen LogP contribution in [0, 0.1) is 6.92 Å². The number of ether oxygens (including phenoxy) is 2. The molecule has 2 aromatic rings. The summed E-state index contributed by atoms with van der Waals surface area (Å²) >= 11 is 1.62. The normalized spacial score (nSPS) is 12.2. The number of aromatic nitrogens is 1. The van der Waals surface area contributed by atoms with E-state index in [1.807, 2.05) is 24.4 Å². The summed E-state index contributed by atoms with van der Waals surface area (Å²) in [4.78, 5) is 4.43. The first-order valence-electron chi connectivity index (χ1n) is 7.09. The maximum Gasteiger partial charge on any atom is 0.140 e. The van der Waals surface area contributed by atoms with Gasteiger partial charge in [-0.25, -0.2) is 4.98 Å². The summed E-state index contributed by atoms with van der Waals surface area (Å²) in [7, 11) is 1.66. The van der Waals surface area contributed by atoms with Crippen molar-refractivity contribution in [3.63, 3.8) is 0 Å². The lowest BCUT2D eigenvalue weighted by Crippen LogP contribution is -2.18. The van der Waals surface area contributed by atoms with Crippen LogP contribution in [0.2, 0.25) is 0 Å². The fourth-order valence-electron chi connectivity index (χ4n) is 2.15. The van der Waals surface area contributed by atoms with Crippen molar-refractivity contribution in [2.45, 2.75) is 33.4 Å². The highest BCUT2D eigenvalue weighted by molar-refractivity contribution is 7.09. The van der Waals surface area contributed by atoms with Crippen LogP contribution in [0.4, 0.5) is 0 Å². The standard InChI is InChI=1S/C16H22N2O2S/c1-5-17-12(3)14-7-6-13(19-4)8-15(14)20-9-16-18-11(2)10-21-16/h6-8,10,12,17H,5,9H2,1-4H3. The summed E-state index contributed by atoms with van der Waals surface area (Å²) < 4.78 is 11.3. The van der Waals surface area contributed by atoms with Crippen LogP contribution >= 0.6 is 11.3 Å². The Morgan fingerprint density at radius 2 is 2.19 bits per heavy atom. The van der Waals surface area contributed by atoms with Crippen molar-refractivity contribution in [3.8, 4) is 11.5 Å². The summed E-state index contributed by atoms with van der Waals surface area (Å²) in [6.07, 6.45) is 0. The van der Waals surface area contributed by atoms with Gasteiger partial charge in [0.05, 0.1) is 7.11 Å². The second-order valence-corrected chi connectivity index (χ2v) is 5.80. The van der Waals surface area contributed by atoms with Crippen LogP contribution in [0.5, 0.6) is 11.5 Å². The number of methoxy groups -OCH3 is 1. The van der Waals surface area contributed by atoms with Crippen molar-refractivity contribution in [2.75, 3.05) is 13.7 Å². The van der Waals surface area contributed by atoms with Gasteiger partial charge in [0, 0.05) is 28.7 Å². The van der Waals surface area contributed by atoms with E-state index >= 15 is 0 Å². The smallest absolute Gasteiger partial charge is 0.140 e. The number of thiazole rings is 1. The zero-order valence-electron chi connectivity index (χ0n) is 13.0. The molecular formula is C16H22N2O2S. The molecule has 0 amide bonds. The molecule has 2 rings (SSSR count). The second kappa shape index (κ2) is 7.43. The molecule has 1 atom stereocenters. The molecule has 0 spiro atoms. The third-order valence-electron chi connectivity index (χ3n) is 3.22. The van der Waals surface area contributed by atoms with E-state index in [-0.39, 0.29) is 6.04 Å². The molecule has 4 nitrogen and oxygen atoms in total. The van der Waals surface area contributed by atoms with Gasteiger partial charge in [0.2, 0.25) is 0 Å². The lowest BCUT2D eigenvalue weighted by atomic mass is 10.1. The molecule has 0 fully saturated rings. The Kier molecular flexibility index (Phi) is 5.59. The number of benzene rings is 1. The first-order chi connectivity index (χ1) is 10.1. The van der Waals surface area contributed by atoms with Gasteiger partial charge in [-0.05, 0) is 26.5 Å². The number of nitrogens with zero attached hydrogens (tertiary/aromatic N) is 1. The molecule has 0 aliphatic rings. The van der Waals surface area contributed by atoms with Crippen LogP contribution in [-0.2, 0) is 6.61 Å². The Labute approximate surface area is 130 Å². The molecule has 0 saturated heterocycles. The Bertz CT molecular complexity index is 583. The molecule has 21 heavy (non-hydrogen) atoms. The second-order valence-electron chi connectivity index (χ2n) is 4.85. The van der Waals surface area contributed by atoms with E-state index in [1.54, 1.807) is 18.4 Å².